The number of imidazole rings is 2. The number of aryl methyl sites for hydroxylation is 1. The van der Waals surface area contributed by atoms with E-state index in [9.17, 15) is 0 Å². The quantitative estimate of drug-likeness (QED) is 0.139. The molecule has 298 valence electrons. The fourth-order valence-corrected chi connectivity index (χ4v) is 9.97. The molecule has 2 aliphatic carbocycles. The van der Waals surface area contributed by atoms with Gasteiger partial charge in [-0.15, -0.1) is 0 Å². The van der Waals surface area contributed by atoms with E-state index in [-0.39, 0.29) is 0 Å². The first-order valence-electron chi connectivity index (χ1n) is 22.1. The van der Waals surface area contributed by atoms with Crippen molar-refractivity contribution < 1.29 is 0 Å². The minimum Gasteiger partial charge on any atom is -0.310 e. The Morgan fingerprint density at radius 1 is 0.433 bits per heavy atom. The molecule has 5 heteroatoms. The average Bonchev–Trinajstić information content (AvgIpc) is 4.02. The summed E-state index contributed by atoms with van der Waals surface area (Å²) >= 11 is 0. The van der Waals surface area contributed by atoms with Crippen molar-refractivity contribution in [1.29, 1.82) is 0 Å². The average molecular weight is 784 g/mol. The van der Waals surface area contributed by atoms with Gasteiger partial charge < -0.3 is 4.90 Å². The molecule has 0 amide bonds. The normalized spacial score (nSPS) is 14.9. The fraction of sp³-hybridized carbons (Fsp3) is 0.236. The van der Waals surface area contributed by atoms with Gasteiger partial charge in [0.05, 0.1) is 11.4 Å². The highest BCUT2D eigenvalue weighted by Gasteiger charge is 2.24. The van der Waals surface area contributed by atoms with Crippen LogP contribution >= 0.6 is 0 Å². The molecule has 2 saturated carbocycles. The van der Waals surface area contributed by atoms with Gasteiger partial charge in [0.25, 0.3) is 0 Å². The minimum absolute atomic E-state index is 0.528. The van der Waals surface area contributed by atoms with Crippen molar-refractivity contribution in [3.8, 4) is 45.3 Å². The van der Waals surface area contributed by atoms with Gasteiger partial charge in [-0.3, -0.25) is 9.13 Å². The monoisotopic (exact) mass is 783 g/mol. The molecule has 0 saturated heterocycles. The molecule has 0 radical (unpaired) electrons. The van der Waals surface area contributed by atoms with E-state index in [0.717, 1.165) is 39.8 Å². The molecule has 8 aromatic rings. The van der Waals surface area contributed by atoms with Crippen molar-refractivity contribution >= 4 is 17.1 Å². The van der Waals surface area contributed by atoms with E-state index >= 15 is 0 Å². The molecule has 0 N–H and O–H groups in total. The van der Waals surface area contributed by atoms with Crippen molar-refractivity contribution in [2.75, 3.05) is 4.90 Å². The van der Waals surface area contributed by atoms with Gasteiger partial charge in [-0.25, -0.2) is 9.97 Å². The van der Waals surface area contributed by atoms with Gasteiger partial charge in [0.15, 0.2) is 0 Å². The van der Waals surface area contributed by atoms with Crippen LogP contribution in [-0.2, 0) is 0 Å². The summed E-state index contributed by atoms with van der Waals surface area (Å²) in [6, 6.07) is 53.2. The smallest absolute Gasteiger partial charge is 0.144 e. The lowest BCUT2D eigenvalue weighted by molar-refractivity contribution is 0.443. The molecule has 0 aliphatic heterocycles. The SMILES string of the molecule is Cc1ccc(-n2ccnc2-c2cccc(N(c3ccccc3)c3cccc(-c4nccn4-c4ccc(-c5ccccc5)cc4C4CCCCC4)c3)c2)c(C2CCCCC2)c1. The van der Waals surface area contributed by atoms with E-state index in [4.69, 9.17) is 9.97 Å². The highest BCUT2D eigenvalue weighted by Crippen LogP contribution is 2.42. The molecule has 2 heterocycles. The van der Waals surface area contributed by atoms with Crippen LogP contribution in [0, 0.1) is 6.92 Å². The van der Waals surface area contributed by atoms with E-state index in [1.54, 1.807) is 0 Å². The summed E-state index contributed by atoms with van der Waals surface area (Å²) in [5, 5.41) is 0. The highest BCUT2D eigenvalue weighted by atomic mass is 15.1. The van der Waals surface area contributed by atoms with Crippen molar-refractivity contribution in [1.82, 2.24) is 19.1 Å². The van der Waals surface area contributed by atoms with Crippen LogP contribution < -0.4 is 4.90 Å². The largest absolute Gasteiger partial charge is 0.310 e. The molecule has 0 spiro atoms. The predicted molar refractivity (Wildman–Crippen MR) is 248 cm³/mol. The highest BCUT2D eigenvalue weighted by molar-refractivity contribution is 5.81. The van der Waals surface area contributed by atoms with Gasteiger partial charge in [-0.05, 0) is 121 Å². The summed E-state index contributed by atoms with van der Waals surface area (Å²) in [5.74, 6) is 3.00. The first-order chi connectivity index (χ1) is 29.7. The lowest BCUT2D eigenvalue weighted by Crippen LogP contribution is -2.11. The molecular formula is C55H53N5. The molecule has 0 atom stereocenters. The minimum atomic E-state index is 0.528. The number of hydrogen-bond acceptors (Lipinski definition) is 3. The van der Waals surface area contributed by atoms with E-state index in [2.05, 4.69) is 179 Å². The zero-order chi connectivity index (χ0) is 40.3. The lowest BCUT2D eigenvalue weighted by Gasteiger charge is -2.27. The van der Waals surface area contributed by atoms with Crippen LogP contribution in [0.4, 0.5) is 17.1 Å². The first-order valence-corrected chi connectivity index (χ1v) is 22.1. The Balaban J connectivity index is 1.04. The number of hydrogen-bond donors (Lipinski definition) is 0. The first kappa shape index (κ1) is 37.8. The molecule has 2 aliphatic rings. The van der Waals surface area contributed by atoms with Gasteiger partial charge in [-0.2, -0.15) is 0 Å². The summed E-state index contributed by atoms with van der Waals surface area (Å²) in [7, 11) is 0. The van der Waals surface area contributed by atoms with Gasteiger partial charge >= 0.3 is 0 Å². The predicted octanol–water partition coefficient (Wildman–Crippen LogP) is 14.9. The van der Waals surface area contributed by atoms with E-state index in [1.165, 1.54) is 103 Å². The molecule has 2 aromatic heterocycles. The standard InChI is InChI=1S/C55H53N5/c1-40-28-30-52(50(36-40)42-18-8-3-9-19-42)58-34-32-56-54(58)45-22-14-26-48(37-45)60(47-24-12-5-13-25-47)49-27-15-23-46(38-49)55-57-33-35-59(55)53-31-29-44(41-16-6-2-7-17-41)39-51(53)43-20-10-4-11-21-43/h2,5-7,12-17,22-39,42-43H,3-4,8-11,18-21H2,1H3. The van der Waals surface area contributed by atoms with Crippen molar-refractivity contribution in [2.45, 2.75) is 83.0 Å². The lowest BCUT2D eigenvalue weighted by atomic mass is 9.82. The van der Waals surface area contributed by atoms with Crippen LogP contribution in [0.2, 0.25) is 0 Å². The number of aromatic nitrogens is 4. The molecule has 0 bridgehead atoms. The summed E-state index contributed by atoms with van der Waals surface area (Å²) in [5.41, 5.74) is 14.6. The number of para-hydroxylation sites is 1. The van der Waals surface area contributed by atoms with Crippen molar-refractivity contribution in [2.24, 2.45) is 0 Å². The Bertz CT molecular complexity index is 2700. The Morgan fingerprint density at radius 3 is 1.48 bits per heavy atom. The molecular weight excluding hydrogens is 731 g/mol. The maximum Gasteiger partial charge on any atom is 0.144 e. The topological polar surface area (TPSA) is 38.9 Å². The van der Waals surface area contributed by atoms with Crippen LogP contribution in [0.3, 0.4) is 0 Å². The number of benzene rings is 6. The number of nitrogens with zero attached hydrogens (tertiary/aromatic N) is 5. The third-order valence-electron chi connectivity index (χ3n) is 12.9. The van der Waals surface area contributed by atoms with Crippen LogP contribution in [-0.4, -0.2) is 19.1 Å². The third-order valence-corrected chi connectivity index (χ3v) is 12.9. The molecule has 6 aromatic carbocycles. The Labute approximate surface area is 355 Å². The summed E-state index contributed by atoms with van der Waals surface area (Å²) in [6.45, 7) is 2.22. The van der Waals surface area contributed by atoms with Crippen LogP contribution in [0.5, 0.6) is 0 Å². The molecule has 10 rings (SSSR count). The fourth-order valence-electron chi connectivity index (χ4n) is 9.97. The van der Waals surface area contributed by atoms with Crippen LogP contribution in [0.25, 0.3) is 45.3 Å². The molecule has 5 nitrogen and oxygen atoms in total. The maximum absolute atomic E-state index is 5.04. The van der Waals surface area contributed by atoms with Crippen molar-refractivity contribution in [3.05, 3.63) is 187 Å². The van der Waals surface area contributed by atoms with E-state index in [1.807, 2.05) is 12.4 Å². The van der Waals surface area contributed by atoms with Gasteiger partial charge in [0.1, 0.15) is 11.6 Å². The second-order valence-electron chi connectivity index (χ2n) is 16.9. The summed E-state index contributed by atoms with van der Waals surface area (Å²) < 4.78 is 4.63. The summed E-state index contributed by atoms with van der Waals surface area (Å²) in [4.78, 5) is 12.4. The molecule has 2 fully saturated rings. The number of anilines is 3. The molecule has 60 heavy (non-hydrogen) atoms. The number of rotatable bonds is 10. The van der Waals surface area contributed by atoms with E-state index < -0.39 is 0 Å². The molecule has 0 unspecified atom stereocenters. The van der Waals surface area contributed by atoms with Crippen LogP contribution in [0.1, 0.15) is 92.7 Å². The Morgan fingerprint density at radius 2 is 0.917 bits per heavy atom. The van der Waals surface area contributed by atoms with Gasteiger partial charge in [0, 0.05) is 53.0 Å². The van der Waals surface area contributed by atoms with Gasteiger partial charge in [0.2, 0.25) is 0 Å². The van der Waals surface area contributed by atoms with Gasteiger partial charge in [-0.1, -0.05) is 135 Å². The zero-order valence-corrected chi connectivity index (χ0v) is 34.6. The Kier molecular flexibility index (Phi) is 10.7. The Hall–Kier alpha value is -6.46. The van der Waals surface area contributed by atoms with Crippen LogP contribution in [0.15, 0.2) is 170 Å². The zero-order valence-electron chi connectivity index (χ0n) is 34.6. The van der Waals surface area contributed by atoms with E-state index in [0.29, 0.717) is 11.8 Å². The second kappa shape index (κ2) is 17.0. The second-order valence-corrected chi connectivity index (χ2v) is 16.9. The third kappa shape index (κ3) is 7.61. The summed E-state index contributed by atoms with van der Waals surface area (Å²) in [6.07, 6.45) is 21.0. The maximum atomic E-state index is 5.04. The van der Waals surface area contributed by atoms with Crippen molar-refractivity contribution in [3.63, 3.8) is 0 Å².